The number of nitriles is 1. The van der Waals surface area contributed by atoms with Crippen LogP contribution in [0.2, 0.25) is 0 Å². The molecule has 1 saturated heterocycles. The highest BCUT2D eigenvalue weighted by atomic mass is 19.4. The molecule has 0 saturated carbocycles. The van der Waals surface area contributed by atoms with Gasteiger partial charge in [0.2, 0.25) is 5.91 Å². The number of rotatable bonds is 6. The smallest absolute Gasteiger partial charge is 0.355 e. The first-order valence-electron chi connectivity index (χ1n) is 9.99. The van der Waals surface area contributed by atoms with Crippen LogP contribution < -0.4 is 4.90 Å². The molecular weight excluding hydrogens is 405 g/mol. The predicted molar refractivity (Wildman–Crippen MR) is 111 cm³/mol. The van der Waals surface area contributed by atoms with Crippen LogP contribution in [0.25, 0.3) is 0 Å². The summed E-state index contributed by atoms with van der Waals surface area (Å²) in [5.41, 5.74) is 0.610. The standard InChI is InChI=1S/C23H23F3N4O/c1-2-12-30(15-18-9-7-17(14-27)8-10-18)22(31)19-5-4-13-29(16-19)21-20(23(24,25)26)6-3-11-28-21/h2-3,6-11,19H,1,4-5,12-13,15-16H2. The number of carbonyl (C=O) groups excluding carboxylic acids is 1. The summed E-state index contributed by atoms with van der Waals surface area (Å²) in [6.45, 7) is 4.98. The number of pyridine rings is 1. The molecule has 3 rings (SSSR count). The molecule has 0 radical (unpaired) electrons. The van der Waals surface area contributed by atoms with Gasteiger partial charge in [0.05, 0.1) is 23.1 Å². The molecule has 0 aliphatic carbocycles. The number of amides is 1. The molecule has 1 fully saturated rings. The highest BCUT2D eigenvalue weighted by Crippen LogP contribution is 2.36. The molecule has 2 heterocycles. The molecular formula is C23H23F3N4O. The first kappa shape index (κ1) is 22.3. The Bertz CT molecular complexity index is 966. The molecule has 1 unspecified atom stereocenters. The van der Waals surface area contributed by atoms with Crippen LogP contribution in [0.1, 0.15) is 29.5 Å². The largest absolute Gasteiger partial charge is 0.419 e. The Morgan fingerprint density at radius 1 is 1.32 bits per heavy atom. The first-order valence-corrected chi connectivity index (χ1v) is 9.99. The van der Waals surface area contributed by atoms with Crippen LogP contribution in [0.15, 0.2) is 55.3 Å². The summed E-state index contributed by atoms with van der Waals surface area (Å²) >= 11 is 0. The minimum Gasteiger partial charge on any atom is -0.355 e. The summed E-state index contributed by atoms with van der Waals surface area (Å²) in [6.07, 6.45) is -0.341. The van der Waals surface area contributed by atoms with Crippen molar-refractivity contribution in [2.75, 3.05) is 24.5 Å². The summed E-state index contributed by atoms with van der Waals surface area (Å²) in [4.78, 5) is 20.4. The minimum atomic E-state index is -4.51. The number of alkyl halides is 3. The van der Waals surface area contributed by atoms with Gasteiger partial charge in [-0.05, 0) is 42.7 Å². The van der Waals surface area contributed by atoms with Gasteiger partial charge in [-0.25, -0.2) is 4.98 Å². The zero-order valence-electron chi connectivity index (χ0n) is 17.0. The normalized spacial score (nSPS) is 16.5. The third-order valence-electron chi connectivity index (χ3n) is 5.28. The van der Waals surface area contributed by atoms with Gasteiger partial charge in [-0.15, -0.1) is 6.58 Å². The SMILES string of the molecule is C=CCN(Cc1ccc(C#N)cc1)C(=O)C1CCCN(c2ncccc2C(F)(F)F)C1. The van der Waals surface area contributed by atoms with Gasteiger partial charge in [-0.2, -0.15) is 18.4 Å². The number of hydrogen-bond acceptors (Lipinski definition) is 4. The highest BCUT2D eigenvalue weighted by molar-refractivity contribution is 5.80. The monoisotopic (exact) mass is 428 g/mol. The fourth-order valence-corrected chi connectivity index (χ4v) is 3.79. The maximum atomic E-state index is 13.4. The summed E-state index contributed by atoms with van der Waals surface area (Å²) in [5, 5.41) is 8.93. The molecule has 0 bridgehead atoms. The van der Waals surface area contributed by atoms with Crippen LogP contribution in [0.5, 0.6) is 0 Å². The maximum absolute atomic E-state index is 13.4. The molecule has 8 heteroatoms. The summed E-state index contributed by atoms with van der Waals surface area (Å²) < 4.78 is 40.2. The van der Waals surface area contributed by atoms with Gasteiger partial charge in [-0.1, -0.05) is 18.2 Å². The Morgan fingerprint density at radius 2 is 2.06 bits per heavy atom. The Balaban J connectivity index is 1.77. The fraction of sp³-hybridized carbons (Fsp3) is 0.348. The second-order valence-corrected chi connectivity index (χ2v) is 7.47. The van der Waals surface area contributed by atoms with Gasteiger partial charge in [0.1, 0.15) is 5.82 Å². The van der Waals surface area contributed by atoms with Crippen molar-refractivity contribution in [3.63, 3.8) is 0 Å². The van der Waals surface area contributed by atoms with Gasteiger partial charge in [0, 0.05) is 32.4 Å². The Labute approximate surface area is 179 Å². The zero-order chi connectivity index (χ0) is 22.4. The number of nitrogens with zero attached hydrogens (tertiary/aromatic N) is 4. The van der Waals surface area contributed by atoms with E-state index < -0.39 is 17.7 Å². The van der Waals surface area contributed by atoms with Crippen molar-refractivity contribution in [2.24, 2.45) is 5.92 Å². The summed E-state index contributed by atoms with van der Waals surface area (Å²) in [7, 11) is 0. The van der Waals surface area contributed by atoms with Crippen LogP contribution in [0.3, 0.4) is 0 Å². The van der Waals surface area contributed by atoms with Crippen molar-refractivity contribution in [1.29, 1.82) is 5.26 Å². The number of anilines is 1. The highest BCUT2D eigenvalue weighted by Gasteiger charge is 2.37. The minimum absolute atomic E-state index is 0.126. The van der Waals surface area contributed by atoms with Crippen molar-refractivity contribution < 1.29 is 18.0 Å². The summed E-state index contributed by atoms with van der Waals surface area (Å²) in [6, 6.07) is 11.3. The van der Waals surface area contributed by atoms with Crippen LogP contribution in [-0.2, 0) is 17.5 Å². The second-order valence-electron chi connectivity index (χ2n) is 7.47. The molecule has 1 aliphatic rings. The van der Waals surface area contributed by atoms with E-state index in [0.717, 1.165) is 11.6 Å². The van der Waals surface area contributed by atoms with E-state index in [1.54, 1.807) is 40.1 Å². The Morgan fingerprint density at radius 3 is 2.71 bits per heavy atom. The number of piperidine rings is 1. The average Bonchev–Trinajstić information content (AvgIpc) is 2.78. The molecule has 162 valence electrons. The molecule has 31 heavy (non-hydrogen) atoms. The average molecular weight is 428 g/mol. The molecule has 2 aromatic rings. The van der Waals surface area contributed by atoms with E-state index in [4.69, 9.17) is 5.26 Å². The molecule has 1 aromatic carbocycles. The number of hydrogen-bond donors (Lipinski definition) is 0. The Hall–Kier alpha value is -3.34. The predicted octanol–water partition coefficient (Wildman–Crippen LogP) is 4.40. The molecule has 5 nitrogen and oxygen atoms in total. The number of benzene rings is 1. The van der Waals surface area contributed by atoms with Gasteiger partial charge in [0.15, 0.2) is 0 Å². The molecule has 1 aromatic heterocycles. The number of carbonyl (C=O) groups is 1. The van der Waals surface area contributed by atoms with Crippen molar-refractivity contribution in [1.82, 2.24) is 9.88 Å². The van der Waals surface area contributed by atoms with Gasteiger partial charge in [0.25, 0.3) is 0 Å². The lowest BCUT2D eigenvalue weighted by molar-refractivity contribution is -0.137. The van der Waals surface area contributed by atoms with Crippen LogP contribution >= 0.6 is 0 Å². The molecule has 1 aliphatic heterocycles. The third-order valence-corrected chi connectivity index (χ3v) is 5.28. The zero-order valence-corrected chi connectivity index (χ0v) is 17.0. The van der Waals surface area contributed by atoms with E-state index in [1.807, 2.05) is 0 Å². The molecule has 0 N–H and O–H groups in total. The van der Waals surface area contributed by atoms with Crippen molar-refractivity contribution >= 4 is 11.7 Å². The summed E-state index contributed by atoms with van der Waals surface area (Å²) in [5.74, 6) is -0.691. The second kappa shape index (κ2) is 9.65. The van der Waals surface area contributed by atoms with E-state index in [9.17, 15) is 18.0 Å². The molecule has 1 amide bonds. The van der Waals surface area contributed by atoms with E-state index in [1.165, 1.54) is 12.3 Å². The van der Waals surface area contributed by atoms with E-state index in [2.05, 4.69) is 17.6 Å². The lowest BCUT2D eigenvalue weighted by atomic mass is 9.95. The quantitative estimate of drug-likeness (QED) is 0.640. The van der Waals surface area contributed by atoms with Gasteiger partial charge in [-0.3, -0.25) is 4.79 Å². The van der Waals surface area contributed by atoms with Crippen molar-refractivity contribution in [3.05, 3.63) is 71.9 Å². The maximum Gasteiger partial charge on any atom is 0.419 e. The molecule has 1 atom stereocenters. The lowest BCUT2D eigenvalue weighted by Crippen LogP contribution is -2.45. The third kappa shape index (κ3) is 5.43. The first-order chi connectivity index (χ1) is 14.8. The lowest BCUT2D eigenvalue weighted by Gasteiger charge is -2.36. The topological polar surface area (TPSA) is 60.2 Å². The Kier molecular flexibility index (Phi) is 6.95. The number of halogens is 3. The number of aromatic nitrogens is 1. The van der Waals surface area contributed by atoms with E-state index >= 15 is 0 Å². The van der Waals surface area contributed by atoms with Crippen molar-refractivity contribution in [3.8, 4) is 6.07 Å². The van der Waals surface area contributed by atoms with Gasteiger partial charge >= 0.3 is 6.18 Å². The van der Waals surface area contributed by atoms with E-state index in [-0.39, 0.29) is 18.3 Å². The van der Waals surface area contributed by atoms with Crippen LogP contribution in [0.4, 0.5) is 19.0 Å². The van der Waals surface area contributed by atoms with E-state index in [0.29, 0.717) is 38.0 Å². The molecule has 0 spiro atoms. The van der Waals surface area contributed by atoms with Gasteiger partial charge < -0.3 is 9.80 Å². The fourth-order valence-electron chi connectivity index (χ4n) is 3.79. The van der Waals surface area contributed by atoms with Crippen LogP contribution in [-0.4, -0.2) is 35.4 Å². The van der Waals surface area contributed by atoms with Crippen molar-refractivity contribution in [2.45, 2.75) is 25.6 Å². The van der Waals surface area contributed by atoms with Crippen LogP contribution in [0, 0.1) is 17.2 Å².